The van der Waals surface area contributed by atoms with Gasteiger partial charge in [0.15, 0.2) is 0 Å². The molecule has 94 valence electrons. The average molecular weight is 233 g/mol. The lowest BCUT2D eigenvalue weighted by atomic mass is 10.1. The van der Waals surface area contributed by atoms with Crippen molar-refractivity contribution in [3.05, 3.63) is 35.9 Å². The first kappa shape index (κ1) is 12.6. The predicted molar refractivity (Wildman–Crippen MR) is 71.8 cm³/mol. The fraction of sp³-hybridized carbons (Fsp3) is 0.571. The molecule has 2 rings (SSSR count). The van der Waals surface area contributed by atoms with Gasteiger partial charge in [0.1, 0.15) is 0 Å². The Kier molecular flexibility index (Phi) is 4.98. The Morgan fingerprint density at radius 3 is 2.59 bits per heavy atom. The van der Waals surface area contributed by atoms with Crippen LogP contribution >= 0.6 is 0 Å². The largest absolute Gasteiger partial charge is 0.328 e. The van der Waals surface area contributed by atoms with E-state index >= 15 is 0 Å². The number of piperidine rings is 1. The number of benzene rings is 1. The SMILES string of the molecule is NC1CCN(CCNCc2ccccc2)CC1. The molecule has 1 fully saturated rings. The molecule has 0 bridgehead atoms. The lowest BCUT2D eigenvalue weighted by molar-refractivity contribution is 0.213. The number of likely N-dealkylation sites (tertiary alicyclic amines) is 1. The van der Waals surface area contributed by atoms with Crippen LogP contribution in [0.15, 0.2) is 30.3 Å². The first-order valence-corrected chi connectivity index (χ1v) is 6.57. The smallest absolute Gasteiger partial charge is 0.0206 e. The summed E-state index contributed by atoms with van der Waals surface area (Å²) in [6.45, 7) is 5.49. The summed E-state index contributed by atoms with van der Waals surface area (Å²) < 4.78 is 0. The zero-order valence-electron chi connectivity index (χ0n) is 10.4. The van der Waals surface area contributed by atoms with E-state index in [4.69, 9.17) is 5.73 Å². The zero-order valence-corrected chi connectivity index (χ0v) is 10.4. The minimum Gasteiger partial charge on any atom is -0.328 e. The molecule has 3 N–H and O–H groups in total. The fourth-order valence-corrected chi connectivity index (χ4v) is 2.24. The van der Waals surface area contributed by atoms with Crippen LogP contribution in [0.1, 0.15) is 18.4 Å². The molecule has 3 heteroatoms. The highest BCUT2D eigenvalue weighted by Crippen LogP contribution is 2.06. The van der Waals surface area contributed by atoms with E-state index in [1.807, 2.05) is 0 Å². The molecular weight excluding hydrogens is 210 g/mol. The Morgan fingerprint density at radius 2 is 1.88 bits per heavy atom. The summed E-state index contributed by atoms with van der Waals surface area (Å²) in [5, 5.41) is 3.49. The molecule has 0 aromatic heterocycles. The number of rotatable bonds is 5. The maximum atomic E-state index is 5.89. The van der Waals surface area contributed by atoms with Gasteiger partial charge >= 0.3 is 0 Å². The third-order valence-corrected chi connectivity index (χ3v) is 3.41. The van der Waals surface area contributed by atoms with Crippen molar-refractivity contribution in [2.45, 2.75) is 25.4 Å². The molecule has 1 heterocycles. The van der Waals surface area contributed by atoms with Gasteiger partial charge in [-0.25, -0.2) is 0 Å². The fourth-order valence-electron chi connectivity index (χ4n) is 2.24. The van der Waals surface area contributed by atoms with Crippen LogP contribution in [0.4, 0.5) is 0 Å². The Bertz CT molecular complexity index is 305. The summed E-state index contributed by atoms with van der Waals surface area (Å²) in [7, 11) is 0. The summed E-state index contributed by atoms with van der Waals surface area (Å²) in [6, 6.07) is 11.0. The molecule has 1 aromatic rings. The monoisotopic (exact) mass is 233 g/mol. The summed E-state index contributed by atoms with van der Waals surface area (Å²) in [6.07, 6.45) is 2.30. The van der Waals surface area contributed by atoms with Crippen molar-refractivity contribution >= 4 is 0 Å². The van der Waals surface area contributed by atoms with Gasteiger partial charge in [-0.15, -0.1) is 0 Å². The topological polar surface area (TPSA) is 41.3 Å². The van der Waals surface area contributed by atoms with Gasteiger partial charge in [-0.3, -0.25) is 0 Å². The van der Waals surface area contributed by atoms with Gasteiger partial charge in [-0.1, -0.05) is 30.3 Å². The van der Waals surface area contributed by atoms with E-state index in [0.29, 0.717) is 6.04 Å². The van der Waals surface area contributed by atoms with Gasteiger partial charge in [0, 0.05) is 25.7 Å². The first-order chi connectivity index (χ1) is 8.34. The van der Waals surface area contributed by atoms with E-state index in [1.165, 1.54) is 5.56 Å². The standard InChI is InChI=1S/C14H23N3/c15-14-6-9-17(10-7-14)11-8-16-12-13-4-2-1-3-5-13/h1-5,14,16H,6-12,15H2. The van der Waals surface area contributed by atoms with E-state index < -0.39 is 0 Å². The third-order valence-electron chi connectivity index (χ3n) is 3.41. The Balaban J connectivity index is 1.57. The predicted octanol–water partition coefficient (Wildman–Crippen LogP) is 1.20. The van der Waals surface area contributed by atoms with E-state index in [2.05, 4.69) is 40.5 Å². The molecule has 0 saturated carbocycles. The van der Waals surface area contributed by atoms with Gasteiger partial charge in [-0.2, -0.15) is 0 Å². The van der Waals surface area contributed by atoms with Crippen molar-refractivity contribution in [3.8, 4) is 0 Å². The van der Waals surface area contributed by atoms with E-state index in [1.54, 1.807) is 0 Å². The second-order valence-corrected chi connectivity index (χ2v) is 4.84. The highest BCUT2D eigenvalue weighted by Gasteiger charge is 2.14. The Morgan fingerprint density at radius 1 is 1.18 bits per heavy atom. The summed E-state index contributed by atoms with van der Waals surface area (Å²) in [5.74, 6) is 0. The van der Waals surface area contributed by atoms with Crippen molar-refractivity contribution in [3.63, 3.8) is 0 Å². The summed E-state index contributed by atoms with van der Waals surface area (Å²) >= 11 is 0. The number of hydrogen-bond acceptors (Lipinski definition) is 3. The molecule has 0 spiro atoms. The van der Waals surface area contributed by atoms with Gasteiger partial charge < -0.3 is 16.0 Å². The minimum atomic E-state index is 0.434. The van der Waals surface area contributed by atoms with Gasteiger partial charge in [0.2, 0.25) is 0 Å². The maximum Gasteiger partial charge on any atom is 0.0206 e. The van der Waals surface area contributed by atoms with E-state index in [-0.39, 0.29) is 0 Å². The van der Waals surface area contributed by atoms with Crippen molar-refractivity contribution < 1.29 is 0 Å². The molecule has 17 heavy (non-hydrogen) atoms. The van der Waals surface area contributed by atoms with Gasteiger partial charge in [0.25, 0.3) is 0 Å². The first-order valence-electron chi connectivity index (χ1n) is 6.57. The van der Waals surface area contributed by atoms with E-state index in [9.17, 15) is 0 Å². The summed E-state index contributed by atoms with van der Waals surface area (Å²) in [4.78, 5) is 2.50. The maximum absolute atomic E-state index is 5.89. The van der Waals surface area contributed by atoms with E-state index in [0.717, 1.165) is 45.6 Å². The van der Waals surface area contributed by atoms with Gasteiger partial charge in [-0.05, 0) is 31.5 Å². The normalized spacial score (nSPS) is 18.4. The van der Waals surface area contributed by atoms with Crippen LogP contribution in [0.2, 0.25) is 0 Å². The van der Waals surface area contributed by atoms with Crippen LogP contribution in [-0.2, 0) is 6.54 Å². The second kappa shape index (κ2) is 6.74. The number of hydrogen-bond donors (Lipinski definition) is 2. The van der Waals surface area contributed by atoms with Crippen LogP contribution in [-0.4, -0.2) is 37.1 Å². The van der Waals surface area contributed by atoms with Crippen molar-refractivity contribution in [1.29, 1.82) is 0 Å². The second-order valence-electron chi connectivity index (χ2n) is 4.84. The van der Waals surface area contributed by atoms with Crippen molar-refractivity contribution in [2.24, 2.45) is 5.73 Å². The van der Waals surface area contributed by atoms with Crippen LogP contribution in [0, 0.1) is 0 Å². The molecule has 1 aromatic carbocycles. The highest BCUT2D eigenvalue weighted by atomic mass is 15.1. The highest BCUT2D eigenvalue weighted by molar-refractivity contribution is 5.14. The van der Waals surface area contributed by atoms with Gasteiger partial charge in [0.05, 0.1) is 0 Å². The molecule has 0 unspecified atom stereocenters. The molecule has 3 nitrogen and oxygen atoms in total. The quantitative estimate of drug-likeness (QED) is 0.751. The molecule has 0 amide bonds. The molecular formula is C14H23N3. The van der Waals surface area contributed by atoms with Crippen LogP contribution < -0.4 is 11.1 Å². The third kappa shape index (κ3) is 4.46. The lowest BCUT2D eigenvalue weighted by Gasteiger charge is -2.30. The van der Waals surface area contributed by atoms with Crippen molar-refractivity contribution in [1.82, 2.24) is 10.2 Å². The summed E-state index contributed by atoms with van der Waals surface area (Å²) in [5.41, 5.74) is 7.24. The number of nitrogens with two attached hydrogens (primary N) is 1. The molecule has 1 saturated heterocycles. The lowest BCUT2D eigenvalue weighted by Crippen LogP contribution is -2.42. The molecule has 1 aliphatic rings. The molecule has 0 aliphatic carbocycles. The zero-order chi connectivity index (χ0) is 11.9. The minimum absolute atomic E-state index is 0.434. The van der Waals surface area contributed by atoms with Crippen LogP contribution in [0.5, 0.6) is 0 Å². The molecule has 0 atom stereocenters. The Labute approximate surface area is 104 Å². The molecule has 1 aliphatic heterocycles. The number of nitrogens with one attached hydrogen (secondary N) is 1. The van der Waals surface area contributed by atoms with Crippen LogP contribution in [0.3, 0.4) is 0 Å². The Hall–Kier alpha value is -0.900. The van der Waals surface area contributed by atoms with Crippen molar-refractivity contribution in [2.75, 3.05) is 26.2 Å². The average Bonchev–Trinajstić information content (AvgIpc) is 2.38. The van der Waals surface area contributed by atoms with Crippen LogP contribution in [0.25, 0.3) is 0 Å². The molecule has 0 radical (unpaired) electrons. The number of nitrogens with zero attached hydrogens (tertiary/aromatic N) is 1.